The average molecular weight is 263 g/mol. The van der Waals surface area contributed by atoms with Gasteiger partial charge in [0.2, 0.25) is 0 Å². The SMILES string of the molecule is CS(=O)CCNc1nc(C(N)C(=O)O)cs1. The van der Waals surface area contributed by atoms with Crippen LogP contribution >= 0.6 is 11.3 Å². The Labute approximate surface area is 99.3 Å². The molecular weight excluding hydrogens is 250 g/mol. The smallest absolute Gasteiger partial charge is 0.326 e. The molecular formula is C8H13N3O3S2. The van der Waals surface area contributed by atoms with Gasteiger partial charge in [-0.2, -0.15) is 0 Å². The number of thiazole rings is 1. The van der Waals surface area contributed by atoms with Crippen LogP contribution in [0.1, 0.15) is 11.7 Å². The number of carboxylic acids is 1. The molecule has 0 amide bonds. The molecule has 0 saturated carbocycles. The van der Waals surface area contributed by atoms with Crippen LogP contribution in [-0.2, 0) is 15.6 Å². The summed E-state index contributed by atoms with van der Waals surface area (Å²) in [6.45, 7) is 0.540. The summed E-state index contributed by atoms with van der Waals surface area (Å²) in [7, 11) is -0.853. The molecule has 0 aliphatic rings. The van der Waals surface area contributed by atoms with Crippen molar-refractivity contribution in [1.29, 1.82) is 0 Å². The molecule has 6 nitrogen and oxygen atoms in total. The average Bonchev–Trinajstić information content (AvgIpc) is 2.64. The summed E-state index contributed by atoms with van der Waals surface area (Å²) in [4.78, 5) is 14.6. The maximum atomic E-state index is 10.8. The number of nitrogens with zero attached hydrogens (tertiary/aromatic N) is 1. The first-order valence-corrected chi connectivity index (χ1v) is 7.09. The maximum absolute atomic E-state index is 10.8. The lowest BCUT2D eigenvalue weighted by Gasteiger charge is -2.01. The predicted octanol–water partition coefficient (Wildman–Crippen LogP) is 0.0179. The van der Waals surface area contributed by atoms with Crippen LogP contribution in [0, 0.1) is 0 Å². The Bertz CT molecular complexity index is 394. The van der Waals surface area contributed by atoms with Gasteiger partial charge in [0, 0.05) is 34.7 Å². The van der Waals surface area contributed by atoms with Crippen LogP contribution < -0.4 is 11.1 Å². The summed E-state index contributed by atoms with van der Waals surface area (Å²) in [5.74, 6) is -0.577. The number of aromatic nitrogens is 1. The van der Waals surface area contributed by atoms with Crippen LogP contribution in [0.5, 0.6) is 0 Å². The molecule has 0 bridgehead atoms. The number of hydrogen-bond acceptors (Lipinski definition) is 6. The zero-order chi connectivity index (χ0) is 12.1. The van der Waals surface area contributed by atoms with Gasteiger partial charge in [-0.25, -0.2) is 4.98 Å². The lowest BCUT2D eigenvalue weighted by atomic mass is 10.2. The van der Waals surface area contributed by atoms with Gasteiger partial charge in [0.25, 0.3) is 0 Å². The molecule has 0 radical (unpaired) electrons. The van der Waals surface area contributed by atoms with Crippen molar-refractivity contribution in [2.24, 2.45) is 5.73 Å². The van der Waals surface area contributed by atoms with Crippen molar-refractivity contribution in [3.05, 3.63) is 11.1 Å². The number of carbonyl (C=O) groups is 1. The highest BCUT2D eigenvalue weighted by Gasteiger charge is 2.17. The van der Waals surface area contributed by atoms with Crippen molar-refractivity contribution in [3.63, 3.8) is 0 Å². The summed E-state index contributed by atoms with van der Waals surface area (Å²) in [5.41, 5.74) is 5.73. The Morgan fingerprint density at radius 1 is 1.81 bits per heavy atom. The minimum absolute atomic E-state index is 0.331. The third-order valence-corrected chi connectivity index (χ3v) is 3.37. The lowest BCUT2D eigenvalue weighted by Crippen LogP contribution is -2.21. The minimum Gasteiger partial charge on any atom is -0.480 e. The maximum Gasteiger partial charge on any atom is 0.326 e. The Morgan fingerprint density at radius 3 is 3.06 bits per heavy atom. The van der Waals surface area contributed by atoms with E-state index < -0.39 is 22.8 Å². The van der Waals surface area contributed by atoms with Crippen LogP contribution in [-0.4, -0.2) is 38.8 Å². The van der Waals surface area contributed by atoms with Gasteiger partial charge in [-0.3, -0.25) is 9.00 Å². The normalized spacial score (nSPS) is 14.4. The highest BCUT2D eigenvalue weighted by Crippen LogP contribution is 2.19. The number of aliphatic carboxylic acids is 1. The van der Waals surface area contributed by atoms with Gasteiger partial charge in [0.1, 0.15) is 6.04 Å². The summed E-state index contributed by atoms with van der Waals surface area (Å²) in [6.07, 6.45) is 1.62. The first-order valence-electron chi connectivity index (χ1n) is 4.48. The predicted molar refractivity (Wildman–Crippen MR) is 64.1 cm³/mol. The van der Waals surface area contributed by atoms with E-state index in [4.69, 9.17) is 10.8 Å². The number of nitrogens with one attached hydrogen (secondary N) is 1. The van der Waals surface area contributed by atoms with Crippen LogP contribution in [0.15, 0.2) is 5.38 Å². The van der Waals surface area contributed by atoms with Crippen LogP contribution in [0.25, 0.3) is 0 Å². The number of carboxylic acid groups (broad SMARTS) is 1. The molecule has 0 aliphatic carbocycles. The van der Waals surface area contributed by atoms with Gasteiger partial charge in [0.05, 0.1) is 5.69 Å². The van der Waals surface area contributed by atoms with Gasteiger partial charge in [-0.15, -0.1) is 11.3 Å². The van der Waals surface area contributed by atoms with E-state index in [1.54, 1.807) is 11.6 Å². The van der Waals surface area contributed by atoms with Crippen molar-refractivity contribution in [1.82, 2.24) is 4.98 Å². The van der Waals surface area contributed by atoms with E-state index in [-0.39, 0.29) is 0 Å². The molecule has 0 aromatic carbocycles. The van der Waals surface area contributed by atoms with Crippen LogP contribution in [0.3, 0.4) is 0 Å². The molecule has 0 fully saturated rings. The molecule has 1 heterocycles. The number of hydrogen-bond donors (Lipinski definition) is 3. The Morgan fingerprint density at radius 2 is 2.50 bits per heavy atom. The van der Waals surface area contributed by atoms with Crippen LogP contribution in [0.4, 0.5) is 5.13 Å². The minimum atomic E-state index is -1.11. The standard InChI is InChI=1S/C8H13N3O3S2/c1-16(14)3-2-10-8-11-5(4-15-8)6(9)7(12)13/h4,6H,2-3,9H2,1H3,(H,10,11)(H,12,13). The molecule has 1 rings (SSSR count). The van der Waals surface area contributed by atoms with Crippen molar-refractivity contribution in [2.45, 2.75) is 6.04 Å². The van der Waals surface area contributed by atoms with Crippen molar-refractivity contribution >= 4 is 33.2 Å². The molecule has 16 heavy (non-hydrogen) atoms. The fourth-order valence-electron chi connectivity index (χ4n) is 0.938. The number of anilines is 1. The third-order valence-electron chi connectivity index (χ3n) is 1.77. The van der Waals surface area contributed by atoms with Gasteiger partial charge in [0.15, 0.2) is 5.13 Å². The topological polar surface area (TPSA) is 105 Å². The van der Waals surface area contributed by atoms with E-state index in [2.05, 4.69) is 10.3 Å². The lowest BCUT2D eigenvalue weighted by molar-refractivity contribution is -0.138. The second kappa shape index (κ2) is 5.92. The molecule has 4 N–H and O–H groups in total. The van der Waals surface area contributed by atoms with E-state index in [9.17, 15) is 9.00 Å². The van der Waals surface area contributed by atoms with Crippen molar-refractivity contribution in [3.8, 4) is 0 Å². The second-order valence-corrected chi connectivity index (χ2v) is 5.51. The molecule has 8 heteroatoms. The van der Waals surface area contributed by atoms with E-state index in [0.29, 0.717) is 23.1 Å². The molecule has 2 atom stereocenters. The van der Waals surface area contributed by atoms with Gasteiger partial charge < -0.3 is 16.2 Å². The fraction of sp³-hybridized carbons (Fsp3) is 0.500. The van der Waals surface area contributed by atoms with Gasteiger partial charge >= 0.3 is 5.97 Å². The summed E-state index contributed by atoms with van der Waals surface area (Å²) >= 11 is 1.28. The zero-order valence-corrected chi connectivity index (χ0v) is 10.3. The third kappa shape index (κ3) is 3.87. The van der Waals surface area contributed by atoms with Crippen molar-refractivity contribution in [2.75, 3.05) is 23.9 Å². The fourth-order valence-corrected chi connectivity index (χ4v) is 2.10. The molecule has 2 unspecified atom stereocenters. The monoisotopic (exact) mass is 263 g/mol. The summed E-state index contributed by atoms with van der Waals surface area (Å²) in [6, 6.07) is -1.09. The number of rotatable bonds is 6. The quantitative estimate of drug-likeness (QED) is 0.668. The van der Waals surface area contributed by atoms with E-state index in [1.165, 1.54) is 11.3 Å². The van der Waals surface area contributed by atoms with E-state index in [1.807, 2.05) is 0 Å². The Balaban J connectivity index is 2.51. The molecule has 1 aromatic rings. The highest BCUT2D eigenvalue weighted by atomic mass is 32.2. The van der Waals surface area contributed by atoms with Gasteiger partial charge in [-0.05, 0) is 0 Å². The summed E-state index contributed by atoms with van der Waals surface area (Å²) < 4.78 is 10.8. The largest absolute Gasteiger partial charge is 0.480 e. The molecule has 1 aromatic heterocycles. The summed E-state index contributed by atoms with van der Waals surface area (Å²) in [5, 5.41) is 13.8. The van der Waals surface area contributed by atoms with E-state index >= 15 is 0 Å². The molecule has 0 aliphatic heterocycles. The second-order valence-electron chi connectivity index (χ2n) is 3.10. The number of nitrogens with two attached hydrogens (primary N) is 1. The molecule has 0 spiro atoms. The van der Waals surface area contributed by atoms with Gasteiger partial charge in [-0.1, -0.05) is 0 Å². The zero-order valence-electron chi connectivity index (χ0n) is 8.67. The Hall–Kier alpha value is -0.990. The Kier molecular flexibility index (Phi) is 4.84. The van der Waals surface area contributed by atoms with Crippen molar-refractivity contribution < 1.29 is 14.1 Å². The molecule has 90 valence electrons. The van der Waals surface area contributed by atoms with E-state index in [0.717, 1.165) is 0 Å². The first-order chi connectivity index (χ1) is 7.50. The van der Waals surface area contributed by atoms with Crippen LogP contribution in [0.2, 0.25) is 0 Å². The first kappa shape index (κ1) is 13.1. The highest BCUT2D eigenvalue weighted by molar-refractivity contribution is 7.84. The molecule has 0 saturated heterocycles.